The van der Waals surface area contributed by atoms with E-state index in [-0.39, 0.29) is 30.3 Å². The van der Waals surface area contributed by atoms with Gasteiger partial charge in [-0.05, 0) is 68.5 Å². The van der Waals surface area contributed by atoms with Crippen molar-refractivity contribution < 1.29 is 39.5 Å². The first-order valence-corrected chi connectivity index (χ1v) is 16.8. The van der Waals surface area contributed by atoms with Crippen LogP contribution in [0.25, 0.3) is 0 Å². The van der Waals surface area contributed by atoms with E-state index in [1.807, 2.05) is 13.8 Å². The molecule has 2 aromatic carbocycles. The Morgan fingerprint density at radius 3 is 2.33 bits per heavy atom. The molecule has 2 unspecified atom stereocenters. The standard InChI is InChI=1S/C29H36F3N3O6S2/c1-4-42(37,38)33-19-24-6-5-15-35(24)43(39,40)25-13-9-22(10-14-25)26(27(36)34-16-17-41-28(2,3)20-34)18-21-7-11-23(12-8-21)29(30,31)32/h4,7-14,24,26,33H,1,5-6,15-20H2,2-3H3. The molecule has 4 rings (SSSR count). The Kier molecular flexibility index (Phi) is 9.77. The van der Waals surface area contributed by atoms with Crippen LogP contribution in [0.3, 0.4) is 0 Å². The fourth-order valence-electron chi connectivity index (χ4n) is 5.45. The molecule has 236 valence electrons. The molecule has 0 aliphatic carbocycles. The van der Waals surface area contributed by atoms with Crippen LogP contribution in [0.5, 0.6) is 0 Å². The maximum absolute atomic E-state index is 13.8. The highest BCUT2D eigenvalue weighted by atomic mass is 32.2. The zero-order valence-corrected chi connectivity index (χ0v) is 25.6. The number of hydrogen-bond acceptors (Lipinski definition) is 6. The number of amides is 1. The number of sulfonamides is 2. The van der Waals surface area contributed by atoms with Crippen LogP contribution in [0.2, 0.25) is 0 Å². The fourth-order valence-corrected chi connectivity index (χ4v) is 7.68. The highest BCUT2D eigenvalue weighted by Gasteiger charge is 2.37. The van der Waals surface area contributed by atoms with Crippen LogP contribution in [0.1, 0.15) is 49.3 Å². The summed E-state index contributed by atoms with van der Waals surface area (Å²) >= 11 is 0. The molecule has 1 N–H and O–H groups in total. The van der Waals surface area contributed by atoms with Crippen LogP contribution < -0.4 is 4.72 Å². The highest BCUT2D eigenvalue weighted by Crippen LogP contribution is 2.32. The van der Waals surface area contributed by atoms with Gasteiger partial charge in [0, 0.05) is 37.6 Å². The van der Waals surface area contributed by atoms with Gasteiger partial charge in [-0.3, -0.25) is 4.79 Å². The number of rotatable bonds is 10. The number of benzene rings is 2. The SMILES string of the molecule is C=CS(=O)(=O)NCC1CCCN1S(=O)(=O)c1ccc(C(Cc2ccc(C(F)(F)F)cc2)C(=O)N2CCOC(C)(C)C2)cc1. The molecular formula is C29H36F3N3O6S2. The Bertz CT molecular complexity index is 1530. The van der Waals surface area contributed by atoms with Crippen molar-refractivity contribution >= 4 is 26.0 Å². The molecule has 2 heterocycles. The number of morpholine rings is 1. The van der Waals surface area contributed by atoms with Crippen molar-refractivity contribution in [1.29, 1.82) is 0 Å². The van der Waals surface area contributed by atoms with Gasteiger partial charge in [-0.15, -0.1) is 0 Å². The normalized spacial score (nSPS) is 20.6. The molecule has 2 aliphatic rings. The van der Waals surface area contributed by atoms with Crippen molar-refractivity contribution in [2.75, 3.05) is 32.8 Å². The zero-order valence-electron chi connectivity index (χ0n) is 24.0. The van der Waals surface area contributed by atoms with Crippen molar-refractivity contribution in [3.05, 3.63) is 77.2 Å². The molecule has 0 saturated carbocycles. The molecular weight excluding hydrogens is 607 g/mol. The average molecular weight is 644 g/mol. The number of halogens is 3. The summed E-state index contributed by atoms with van der Waals surface area (Å²) in [6, 6.07) is 10.00. The van der Waals surface area contributed by atoms with Crippen LogP contribution in [-0.4, -0.2) is 76.4 Å². The van der Waals surface area contributed by atoms with E-state index in [2.05, 4.69) is 11.3 Å². The van der Waals surface area contributed by atoms with Gasteiger partial charge in [0.05, 0.1) is 28.6 Å². The second-order valence-corrected chi connectivity index (χ2v) is 15.0. The smallest absolute Gasteiger partial charge is 0.372 e. The molecule has 14 heteroatoms. The summed E-state index contributed by atoms with van der Waals surface area (Å²) in [5.74, 6) is -1.02. The van der Waals surface area contributed by atoms with Gasteiger partial charge in [-0.2, -0.15) is 17.5 Å². The number of nitrogens with zero attached hydrogens (tertiary/aromatic N) is 2. The molecule has 2 aromatic rings. The van der Waals surface area contributed by atoms with Crippen LogP contribution in [0, 0.1) is 0 Å². The lowest BCUT2D eigenvalue weighted by Gasteiger charge is -2.39. The van der Waals surface area contributed by atoms with Gasteiger partial charge in [0.1, 0.15) is 0 Å². The van der Waals surface area contributed by atoms with Gasteiger partial charge < -0.3 is 9.64 Å². The predicted molar refractivity (Wildman–Crippen MR) is 155 cm³/mol. The maximum atomic E-state index is 13.8. The first-order chi connectivity index (χ1) is 20.0. The predicted octanol–water partition coefficient (Wildman–Crippen LogP) is 3.89. The van der Waals surface area contributed by atoms with Gasteiger partial charge >= 0.3 is 6.18 Å². The Morgan fingerprint density at radius 2 is 1.74 bits per heavy atom. The molecule has 0 aromatic heterocycles. The minimum atomic E-state index is -4.49. The summed E-state index contributed by atoms with van der Waals surface area (Å²) in [5, 5.41) is 0.764. The average Bonchev–Trinajstić information content (AvgIpc) is 3.44. The number of carbonyl (C=O) groups is 1. The topological polar surface area (TPSA) is 113 Å². The number of nitrogens with one attached hydrogen (secondary N) is 1. The number of hydrogen-bond donors (Lipinski definition) is 1. The number of carbonyl (C=O) groups excluding carboxylic acids is 1. The van der Waals surface area contributed by atoms with E-state index in [9.17, 15) is 34.8 Å². The first kappa shape index (κ1) is 33.1. The van der Waals surface area contributed by atoms with Gasteiger partial charge in [-0.25, -0.2) is 21.6 Å². The second-order valence-electron chi connectivity index (χ2n) is 11.4. The summed E-state index contributed by atoms with van der Waals surface area (Å²) in [5.41, 5.74) is -0.319. The van der Waals surface area contributed by atoms with E-state index in [0.29, 0.717) is 43.7 Å². The zero-order chi connectivity index (χ0) is 31.6. The van der Waals surface area contributed by atoms with Crippen LogP contribution in [0.4, 0.5) is 13.2 Å². The van der Waals surface area contributed by atoms with Crippen molar-refractivity contribution in [3.8, 4) is 0 Å². The van der Waals surface area contributed by atoms with E-state index in [1.54, 1.807) is 17.0 Å². The lowest BCUT2D eigenvalue weighted by molar-refractivity contribution is -0.147. The molecule has 2 aliphatic heterocycles. The molecule has 2 fully saturated rings. The fraction of sp³-hybridized carbons (Fsp3) is 0.483. The van der Waals surface area contributed by atoms with Gasteiger partial charge in [-0.1, -0.05) is 30.8 Å². The molecule has 0 radical (unpaired) electrons. The Hall–Kier alpha value is -2.78. The summed E-state index contributed by atoms with van der Waals surface area (Å²) in [6.45, 7) is 8.13. The Balaban J connectivity index is 1.60. The minimum absolute atomic E-state index is 0.0111. The number of ether oxygens (including phenoxy) is 1. The Labute approximate surface area is 250 Å². The van der Waals surface area contributed by atoms with E-state index >= 15 is 0 Å². The lowest BCUT2D eigenvalue weighted by Crippen LogP contribution is -2.52. The quantitative estimate of drug-likeness (QED) is 0.421. The third kappa shape index (κ3) is 8.04. The number of alkyl halides is 3. The van der Waals surface area contributed by atoms with Gasteiger partial charge in [0.15, 0.2) is 0 Å². The summed E-state index contributed by atoms with van der Waals surface area (Å²) in [4.78, 5) is 15.5. The van der Waals surface area contributed by atoms with Crippen LogP contribution >= 0.6 is 0 Å². The molecule has 1 amide bonds. The highest BCUT2D eigenvalue weighted by molar-refractivity contribution is 7.92. The molecule has 0 bridgehead atoms. The molecule has 9 nitrogen and oxygen atoms in total. The largest absolute Gasteiger partial charge is 0.416 e. The van der Waals surface area contributed by atoms with Crippen molar-refractivity contribution in [3.63, 3.8) is 0 Å². The van der Waals surface area contributed by atoms with Crippen molar-refractivity contribution in [1.82, 2.24) is 13.9 Å². The molecule has 0 spiro atoms. The first-order valence-electron chi connectivity index (χ1n) is 13.9. The summed E-state index contributed by atoms with van der Waals surface area (Å²) < 4.78 is 99.3. The molecule has 43 heavy (non-hydrogen) atoms. The summed E-state index contributed by atoms with van der Waals surface area (Å²) in [7, 11) is -7.71. The molecule has 2 saturated heterocycles. The lowest BCUT2D eigenvalue weighted by atomic mass is 9.89. The van der Waals surface area contributed by atoms with Crippen molar-refractivity contribution in [2.24, 2.45) is 0 Å². The summed E-state index contributed by atoms with van der Waals surface area (Å²) in [6.07, 6.45) is -3.33. The van der Waals surface area contributed by atoms with Crippen LogP contribution in [-0.2, 0) is 42.2 Å². The van der Waals surface area contributed by atoms with Crippen LogP contribution in [0.15, 0.2) is 65.4 Å². The third-order valence-corrected chi connectivity index (χ3v) is 10.7. The van der Waals surface area contributed by atoms with Crippen molar-refractivity contribution in [2.45, 2.75) is 61.7 Å². The Morgan fingerprint density at radius 1 is 1.09 bits per heavy atom. The van der Waals surface area contributed by atoms with E-state index in [4.69, 9.17) is 4.74 Å². The maximum Gasteiger partial charge on any atom is 0.416 e. The van der Waals surface area contributed by atoms with Gasteiger partial charge in [0.25, 0.3) is 0 Å². The third-order valence-electron chi connectivity index (χ3n) is 7.71. The van der Waals surface area contributed by atoms with Gasteiger partial charge in [0.2, 0.25) is 26.0 Å². The monoisotopic (exact) mass is 643 g/mol. The van der Waals surface area contributed by atoms with E-state index < -0.39 is 49.3 Å². The van der Waals surface area contributed by atoms with E-state index in [0.717, 1.165) is 17.5 Å². The molecule has 2 atom stereocenters. The minimum Gasteiger partial charge on any atom is -0.372 e. The van der Waals surface area contributed by atoms with E-state index in [1.165, 1.54) is 28.6 Å². The second kappa shape index (κ2) is 12.7.